The minimum atomic E-state index is -0.189. The highest BCUT2D eigenvalue weighted by molar-refractivity contribution is 5.81. The summed E-state index contributed by atoms with van der Waals surface area (Å²) < 4.78 is 10.2. The molecule has 7 nitrogen and oxygen atoms in total. The molecule has 0 bridgehead atoms. The van der Waals surface area contributed by atoms with Crippen molar-refractivity contribution >= 4 is 5.78 Å². The third-order valence-electron chi connectivity index (χ3n) is 1.71. The lowest BCUT2D eigenvalue weighted by Gasteiger charge is -2.02. The fraction of sp³-hybridized carbons (Fsp3) is 0.222. The van der Waals surface area contributed by atoms with Gasteiger partial charge in [0.1, 0.15) is 0 Å². The molecule has 0 radical (unpaired) electrons. The van der Waals surface area contributed by atoms with E-state index in [1.807, 2.05) is 0 Å². The zero-order valence-electron chi connectivity index (χ0n) is 8.34. The summed E-state index contributed by atoms with van der Waals surface area (Å²) in [5.41, 5.74) is 0. The monoisotopic (exact) mass is 222 g/mol. The van der Waals surface area contributed by atoms with Gasteiger partial charge in [0.2, 0.25) is 17.5 Å². The Balaban J connectivity index is 1.69. The zero-order valence-corrected chi connectivity index (χ0v) is 8.34. The number of carbonyl (C=O) groups excluding carboxylic acids is 1. The van der Waals surface area contributed by atoms with Gasteiger partial charge < -0.3 is 9.47 Å². The Labute approximate surface area is 90.8 Å². The molecule has 0 saturated heterocycles. The van der Waals surface area contributed by atoms with Crippen LogP contribution in [0.5, 0.6) is 11.8 Å². The average molecular weight is 222 g/mol. The Morgan fingerprint density at radius 1 is 1.06 bits per heavy atom. The van der Waals surface area contributed by atoms with Gasteiger partial charge in [-0.15, -0.1) is 10.2 Å². The first-order valence-corrected chi connectivity index (χ1v) is 4.61. The average Bonchev–Trinajstić information content (AvgIpc) is 2.96. The number of nitrogens with zero attached hydrogens (tertiary/aromatic N) is 2. The molecule has 0 amide bonds. The smallest absolute Gasteiger partial charge is 0.232 e. The Bertz CT molecular complexity index is 383. The summed E-state index contributed by atoms with van der Waals surface area (Å²) in [7, 11) is 0. The second-order valence-corrected chi connectivity index (χ2v) is 2.94. The van der Waals surface area contributed by atoms with E-state index in [1.165, 1.54) is 0 Å². The normalized spacial score (nSPS) is 10.0. The summed E-state index contributed by atoms with van der Waals surface area (Å²) in [6.45, 7) is -0.148. The van der Waals surface area contributed by atoms with E-state index in [-0.39, 0.29) is 19.0 Å². The molecule has 0 aromatic carbocycles. The summed E-state index contributed by atoms with van der Waals surface area (Å²) in [5.74, 6) is 0.576. The lowest BCUT2D eigenvalue weighted by atomic mass is 10.4. The lowest BCUT2D eigenvalue weighted by Crippen LogP contribution is -2.19. The minimum Gasteiger partial charge on any atom is -0.468 e. The first kappa shape index (κ1) is 10.2. The van der Waals surface area contributed by atoms with Gasteiger partial charge in [-0.1, -0.05) is 0 Å². The number of ether oxygens (including phenoxy) is 2. The van der Waals surface area contributed by atoms with E-state index in [0.717, 1.165) is 0 Å². The van der Waals surface area contributed by atoms with Gasteiger partial charge in [0.25, 0.3) is 0 Å². The van der Waals surface area contributed by atoms with Crippen LogP contribution < -0.4 is 9.47 Å². The molecule has 16 heavy (non-hydrogen) atoms. The van der Waals surface area contributed by atoms with Crippen molar-refractivity contribution in [2.45, 2.75) is 0 Å². The zero-order chi connectivity index (χ0) is 11.2. The lowest BCUT2D eigenvalue weighted by molar-refractivity contribution is -0.123. The number of ketones is 1. The van der Waals surface area contributed by atoms with Gasteiger partial charge in [0.15, 0.2) is 13.2 Å². The molecule has 2 rings (SSSR count). The van der Waals surface area contributed by atoms with Crippen LogP contribution in [0.3, 0.4) is 0 Å². The van der Waals surface area contributed by atoms with Crippen LogP contribution in [0, 0.1) is 0 Å². The molecule has 2 aromatic heterocycles. The molecule has 7 heteroatoms. The van der Waals surface area contributed by atoms with E-state index in [2.05, 4.69) is 20.4 Å². The van der Waals surface area contributed by atoms with Crippen LogP contribution in [0.2, 0.25) is 0 Å². The van der Waals surface area contributed by atoms with Crippen molar-refractivity contribution in [3.8, 4) is 11.8 Å². The Hall–Kier alpha value is -2.31. The van der Waals surface area contributed by atoms with E-state index in [1.54, 1.807) is 24.5 Å². The highest BCUT2D eigenvalue weighted by atomic mass is 16.5. The molecule has 2 aromatic rings. The van der Waals surface area contributed by atoms with Crippen molar-refractivity contribution in [1.29, 1.82) is 0 Å². The van der Waals surface area contributed by atoms with Crippen molar-refractivity contribution in [3.63, 3.8) is 0 Å². The van der Waals surface area contributed by atoms with Gasteiger partial charge in [-0.05, 0) is 0 Å². The van der Waals surface area contributed by atoms with Crippen molar-refractivity contribution < 1.29 is 14.3 Å². The van der Waals surface area contributed by atoms with Gasteiger partial charge in [0.05, 0.1) is 0 Å². The molecule has 0 saturated carbocycles. The Kier molecular flexibility index (Phi) is 3.17. The summed E-state index contributed by atoms with van der Waals surface area (Å²) in [6, 6.07) is 3.25. The fourth-order valence-corrected chi connectivity index (χ4v) is 1.00. The molecule has 84 valence electrons. The van der Waals surface area contributed by atoms with Crippen molar-refractivity contribution in [3.05, 3.63) is 24.5 Å². The summed E-state index contributed by atoms with van der Waals surface area (Å²) in [6.07, 6.45) is 3.22. The number of nitrogens with one attached hydrogen (secondary N) is 2. The van der Waals surface area contributed by atoms with Crippen LogP contribution in [0.4, 0.5) is 0 Å². The number of hydrogen-bond donors (Lipinski definition) is 2. The van der Waals surface area contributed by atoms with E-state index in [0.29, 0.717) is 11.8 Å². The van der Waals surface area contributed by atoms with Crippen molar-refractivity contribution in [1.82, 2.24) is 20.4 Å². The van der Waals surface area contributed by atoms with Crippen LogP contribution >= 0.6 is 0 Å². The van der Waals surface area contributed by atoms with Gasteiger partial charge >= 0.3 is 0 Å². The highest BCUT2D eigenvalue weighted by Crippen LogP contribution is 2.03. The number of aromatic nitrogens is 4. The van der Waals surface area contributed by atoms with Gasteiger partial charge in [0, 0.05) is 24.5 Å². The number of H-pyrrole nitrogens is 2. The molecule has 0 spiro atoms. The van der Waals surface area contributed by atoms with Crippen LogP contribution in [0.1, 0.15) is 0 Å². The van der Waals surface area contributed by atoms with Gasteiger partial charge in [-0.25, -0.2) is 0 Å². The second-order valence-electron chi connectivity index (χ2n) is 2.94. The molecule has 0 atom stereocenters. The SMILES string of the molecule is O=C(COc1cc[nH]n1)COc1cc[nH]n1. The first-order valence-electron chi connectivity index (χ1n) is 4.61. The third-order valence-corrected chi connectivity index (χ3v) is 1.71. The molecular formula is C9H10N4O3. The molecule has 0 aliphatic heterocycles. The van der Waals surface area contributed by atoms with Crippen molar-refractivity contribution in [2.24, 2.45) is 0 Å². The first-order chi connectivity index (χ1) is 7.84. The molecule has 0 aliphatic rings. The maximum atomic E-state index is 11.3. The van der Waals surface area contributed by atoms with Crippen molar-refractivity contribution in [2.75, 3.05) is 13.2 Å². The molecule has 0 unspecified atom stereocenters. The van der Waals surface area contributed by atoms with E-state index >= 15 is 0 Å². The van der Waals surface area contributed by atoms with Gasteiger partial charge in [-0.2, -0.15) is 0 Å². The van der Waals surface area contributed by atoms with E-state index in [4.69, 9.17) is 9.47 Å². The molecule has 0 fully saturated rings. The summed E-state index contributed by atoms with van der Waals surface area (Å²) in [4.78, 5) is 11.3. The number of hydrogen-bond acceptors (Lipinski definition) is 5. The fourth-order valence-electron chi connectivity index (χ4n) is 1.00. The highest BCUT2D eigenvalue weighted by Gasteiger charge is 2.06. The van der Waals surface area contributed by atoms with Crippen LogP contribution in [-0.2, 0) is 4.79 Å². The topological polar surface area (TPSA) is 92.9 Å². The standard InChI is InChI=1S/C9H10N4O3/c14-7(5-15-8-1-3-10-12-8)6-16-9-2-4-11-13-9/h1-4H,5-6H2,(H,10,12)(H,11,13). The summed E-state index contributed by atoms with van der Waals surface area (Å²) in [5, 5.41) is 12.6. The Morgan fingerprint density at radius 2 is 1.56 bits per heavy atom. The number of rotatable bonds is 6. The molecule has 2 heterocycles. The van der Waals surface area contributed by atoms with Crippen LogP contribution in [-0.4, -0.2) is 39.4 Å². The second kappa shape index (κ2) is 4.96. The van der Waals surface area contributed by atoms with Crippen LogP contribution in [0.25, 0.3) is 0 Å². The quantitative estimate of drug-likeness (QED) is 0.726. The maximum Gasteiger partial charge on any atom is 0.232 e. The predicted octanol–water partition coefficient (Wildman–Crippen LogP) is 0.160. The van der Waals surface area contributed by atoms with Crippen LogP contribution in [0.15, 0.2) is 24.5 Å². The maximum absolute atomic E-state index is 11.3. The number of aromatic amines is 2. The third kappa shape index (κ3) is 2.84. The predicted molar refractivity (Wildman–Crippen MR) is 53.2 cm³/mol. The molecule has 0 aliphatic carbocycles. The Morgan fingerprint density at radius 3 is 1.94 bits per heavy atom. The van der Waals surface area contributed by atoms with E-state index in [9.17, 15) is 4.79 Å². The van der Waals surface area contributed by atoms with E-state index < -0.39 is 0 Å². The number of carbonyl (C=O) groups is 1. The molecule has 2 N–H and O–H groups in total. The summed E-state index contributed by atoms with van der Waals surface area (Å²) >= 11 is 0. The largest absolute Gasteiger partial charge is 0.468 e. The number of Topliss-reactive ketones (excluding diaryl/α,β-unsaturated/α-hetero) is 1. The molecular weight excluding hydrogens is 212 g/mol. The minimum absolute atomic E-state index is 0.0741. The van der Waals surface area contributed by atoms with Gasteiger partial charge in [-0.3, -0.25) is 15.0 Å².